The number of hydrogen-bond donors (Lipinski definition) is 1. The van der Waals surface area contributed by atoms with Crippen LogP contribution in [0.1, 0.15) is 16.1 Å². The third kappa shape index (κ3) is 3.35. The fourth-order valence-corrected chi connectivity index (χ4v) is 2.19. The van der Waals surface area contributed by atoms with Crippen LogP contribution in [0.5, 0.6) is 5.75 Å². The van der Waals surface area contributed by atoms with Crippen LogP contribution in [0.25, 0.3) is 11.0 Å². The minimum atomic E-state index is -0.282. The van der Waals surface area contributed by atoms with Crippen molar-refractivity contribution in [1.82, 2.24) is 5.32 Å². The molecule has 2 aromatic carbocycles. The van der Waals surface area contributed by atoms with Crippen molar-refractivity contribution in [2.24, 2.45) is 0 Å². The van der Waals surface area contributed by atoms with Crippen LogP contribution in [0.4, 0.5) is 0 Å². The van der Waals surface area contributed by atoms with Gasteiger partial charge >= 0.3 is 0 Å². The van der Waals surface area contributed by atoms with Gasteiger partial charge in [-0.1, -0.05) is 42.2 Å². The van der Waals surface area contributed by atoms with Gasteiger partial charge in [0.2, 0.25) is 0 Å². The van der Waals surface area contributed by atoms with Crippen molar-refractivity contribution < 1.29 is 13.9 Å². The highest BCUT2D eigenvalue weighted by atomic mass is 16.5. The number of furan rings is 1. The molecular formula is C19H15NO3. The van der Waals surface area contributed by atoms with E-state index in [4.69, 9.17) is 9.15 Å². The van der Waals surface area contributed by atoms with Crippen molar-refractivity contribution in [3.63, 3.8) is 0 Å². The maximum atomic E-state index is 12.1. The molecule has 0 bridgehead atoms. The summed E-state index contributed by atoms with van der Waals surface area (Å²) in [6, 6.07) is 16.7. The molecule has 0 saturated carbocycles. The normalized spacial score (nSPS) is 9.96. The lowest BCUT2D eigenvalue weighted by Crippen LogP contribution is -2.22. The van der Waals surface area contributed by atoms with Gasteiger partial charge in [-0.3, -0.25) is 4.79 Å². The molecule has 4 nitrogen and oxygen atoms in total. The number of hydrogen-bond acceptors (Lipinski definition) is 3. The van der Waals surface area contributed by atoms with Crippen LogP contribution in [0.15, 0.2) is 59.0 Å². The Morgan fingerprint density at radius 3 is 2.78 bits per heavy atom. The standard InChI is InChI=1S/C19H15NO3/c1-22-16-10-4-2-7-14(16)9-6-12-20-19(21)18-13-15-8-3-5-11-17(15)23-18/h2-5,7-8,10-11,13H,12H2,1H3,(H,20,21). The van der Waals surface area contributed by atoms with E-state index in [0.29, 0.717) is 11.3 Å². The molecule has 1 N–H and O–H groups in total. The van der Waals surface area contributed by atoms with Gasteiger partial charge in [0.1, 0.15) is 11.3 Å². The lowest BCUT2D eigenvalue weighted by Gasteiger charge is -2.01. The maximum absolute atomic E-state index is 12.1. The van der Waals surface area contributed by atoms with Crippen LogP contribution in [0, 0.1) is 11.8 Å². The molecule has 1 amide bonds. The highest BCUT2D eigenvalue weighted by Crippen LogP contribution is 2.18. The highest BCUT2D eigenvalue weighted by Gasteiger charge is 2.10. The zero-order valence-corrected chi connectivity index (χ0v) is 12.6. The van der Waals surface area contributed by atoms with E-state index in [2.05, 4.69) is 17.2 Å². The Balaban J connectivity index is 1.65. The third-order valence-corrected chi connectivity index (χ3v) is 3.32. The molecular weight excluding hydrogens is 290 g/mol. The van der Waals surface area contributed by atoms with Crippen molar-refractivity contribution in [1.29, 1.82) is 0 Å². The van der Waals surface area contributed by atoms with E-state index in [9.17, 15) is 4.79 Å². The number of benzene rings is 2. The number of carbonyl (C=O) groups excluding carboxylic acids is 1. The fraction of sp³-hybridized carbons (Fsp3) is 0.105. The number of para-hydroxylation sites is 2. The average Bonchev–Trinajstić information content (AvgIpc) is 3.03. The minimum Gasteiger partial charge on any atom is -0.495 e. The van der Waals surface area contributed by atoms with Gasteiger partial charge in [0, 0.05) is 5.39 Å². The summed E-state index contributed by atoms with van der Waals surface area (Å²) in [5.41, 5.74) is 1.48. The van der Waals surface area contributed by atoms with Gasteiger partial charge in [0.05, 0.1) is 19.2 Å². The number of ether oxygens (including phenoxy) is 1. The first-order valence-corrected chi connectivity index (χ1v) is 7.16. The molecule has 23 heavy (non-hydrogen) atoms. The molecule has 0 atom stereocenters. The molecule has 1 heterocycles. The molecule has 0 saturated heterocycles. The summed E-state index contributed by atoms with van der Waals surface area (Å²) in [5.74, 6) is 6.60. The molecule has 0 unspecified atom stereocenters. The summed E-state index contributed by atoms with van der Waals surface area (Å²) in [7, 11) is 1.60. The van der Waals surface area contributed by atoms with Crippen molar-refractivity contribution in [2.75, 3.05) is 13.7 Å². The summed E-state index contributed by atoms with van der Waals surface area (Å²) in [6.07, 6.45) is 0. The Labute approximate surface area is 134 Å². The van der Waals surface area contributed by atoms with E-state index >= 15 is 0 Å². The largest absolute Gasteiger partial charge is 0.495 e. The summed E-state index contributed by atoms with van der Waals surface area (Å²) in [4.78, 5) is 12.1. The average molecular weight is 305 g/mol. The zero-order valence-electron chi connectivity index (χ0n) is 12.6. The van der Waals surface area contributed by atoms with Gasteiger partial charge < -0.3 is 14.5 Å². The number of nitrogens with one attached hydrogen (secondary N) is 1. The van der Waals surface area contributed by atoms with Crippen molar-refractivity contribution in [2.45, 2.75) is 0 Å². The zero-order chi connectivity index (χ0) is 16.1. The predicted molar refractivity (Wildman–Crippen MR) is 88.4 cm³/mol. The Morgan fingerprint density at radius 2 is 1.96 bits per heavy atom. The van der Waals surface area contributed by atoms with Crippen LogP contribution in [-0.4, -0.2) is 19.6 Å². The van der Waals surface area contributed by atoms with Crippen LogP contribution in [0.3, 0.4) is 0 Å². The van der Waals surface area contributed by atoms with Gasteiger partial charge in [-0.05, 0) is 24.3 Å². The molecule has 114 valence electrons. The Bertz CT molecular complexity index is 866. The lowest BCUT2D eigenvalue weighted by atomic mass is 10.2. The first-order valence-electron chi connectivity index (χ1n) is 7.16. The molecule has 0 aliphatic carbocycles. The van der Waals surface area contributed by atoms with E-state index in [0.717, 1.165) is 10.9 Å². The van der Waals surface area contributed by atoms with Crippen molar-refractivity contribution in [3.8, 4) is 17.6 Å². The van der Waals surface area contributed by atoms with Gasteiger partial charge in [0.15, 0.2) is 5.76 Å². The van der Waals surface area contributed by atoms with E-state index in [-0.39, 0.29) is 18.2 Å². The third-order valence-electron chi connectivity index (χ3n) is 3.32. The van der Waals surface area contributed by atoms with E-state index < -0.39 is 0 Å². The topological polar surface area (TPSA) is 51.5 Å². The number of amides is 1. The molecule has 0 spiro atoms. The highest BCUT2D eigenvalue weighted by molar-refractivity contribution is 5.96. The smallest absolute Gasteiger partial charge is 0.287 e. The lowest BCUT2D eigenvalue weighted by molar-refractivity contribution is 0.0933. The van der Waals surface area contributed by atoms with Crippen LogP contribution in [0.2, 0.25) is 0 Å². The number of rotatable bonds is 3. The van der Waals surface area contributed by atoms with Gasteiger partial charge in [-0.2, -0.15) is 0 Å². The van der Waals surface area contributed by atoms with Crippen molar-refractivity contribution >= 4 is 16.9 Å². The number of methoxy groups -OCH3 is 1. The molecule has 1 aromatic heterocycles. The minimum absolute atomic E-state index is 0.230. The molecule has 3 aromatic rings. The SMILES string of the molecule is COc1ccccc1C#CCNC(=O)c1cc2ccccc2o1. The van der Waals surface area contributed by atoms with E-state index in [1.165, 1.54) is 0 Å². The molecule has 0 radical (unpaired) electrons. The monoisotopic (exact) mass is 305 g/mol. The fourth-order valence-electron chi connectivity index (χ4n) is 2.19. The summed E-state index contributed by atoms with van der Waals surface area (Å²) in [5, 5.41) is 3.62. The summed E-state index contributed by atoms with van der Waals surface area (Å²) >= 11 is 0. The van der Waals surface area contributed by atoms with E-state index in [1.807, 2.05) is 48.5 Å². The van der Waals surface area contributed by atoms with Gasteiger partial charge in [0.25, 0.3) is 5.91 Å². The first-order chi connectivity index (χ1) is 11.3. The molecule has 0 aliphatic heterocycles. The predicted octanol–water partition coefficient (Wildman–Crippen LogP) is 3.22. The molecule has 3 rings (SSSR count). The number of carbonyl (C=O) groups is 1. The Morgan fingerprint density at radius 1 is 1.17 bits per heavy atom. The van der Waals surface area contributed by atoms with Crippen LogP contribution in [-0.2, 0) is 0 Å². The first kappa shape index (κ1) is 14.7. The van der Waals surface area contributed by atoms with Gasteiger partial charge in [-0.15, -0.1) is 0 Å². The summed E-state index contributed by atoms with van der Waals surface area (Å²) < 4.78 is 10.7. The maximum Gasteiger partial charge on any atom is 0.287 e. The summed E-state index contributed by atoms with van der Waals surface area (Å²) in [6.45, 7) is 0.230. The molecule has 4 heteroatoms. The Hall–Kier alpha value is -3.19. The number of fused-ring (bicyclic) bond motifs is 1. The Kier molecular flexibility index (Phi) is 4.30. The second-order valence-electron chi connectivity index (χ2n) is 4.83. The van der Waals surface area contributed by atoms with Gasteiger partial charge in [-0.25, -0.2) is 0 Å². The second-order valence-corrected chi connectivity index (χ2v) is 4.83. The van der Waals surface area contributed by atoms with Crippen molar-refractivity contribution in [3.05, 3.63) is 65.9 Å². The van der Waals surface area contributed by atoms with Crippen LogP contribution >= 0.6 is 0 Å². The molecule has 0 fully saturated rings. The quantitative estimate of drug-likeness (QED) is 0.756. The molecule has 0 aliphatic rings. The second kappa shape index (κ2) is 6.71. The van der Waals surface area contributed by atoms with Crippen LogP contribution < -0.4 is 10.1 Å². The van der Waals surface area contributed by atoms with E-state index in [1.54, 1.807) is 13.2 Å².